The molecular formula is C28H25N5O5S. The standard InChI is InChI=1S/C28H25N5O5S/c1-18-19(2)31-38-26(18)32-39(35,36)25-7-5-4-6-24(25)23-9-8-21(27-30-14-15-37-27)16-22(23)17-33(3)28(34)20-10-12-29-13-11-20/h4-16,32H,17H2,1-3H3. The van der Waals surface area contributed by atoms with E-state index in [1.807, 2.05) is 6.07 Å². The minimum Gasteiger partial charge on any atom is -0.445 e. The maximum Gasteiger partial charge on any atom is 0.264 e. The van der Waals surface area contributed by atoms with E-state index in [4.69, 9.17) is 8.94 Å². The van der Waals surface area contributed by atoms with Gasteiger partial charge in [-0.1, -0.05) is 29.4 Å². The molecule has 3 heterocycles. The summed E-state index contributed by atoms with van der Waals surface area (Å²) >= 11 is 0. The van der Waals surface area contributed by atoms with E-state index >= 15 is 0 Å². The van der Waals surface area contributed by atoms with E-state index in [0.717, 1.165) is 0 Å². The monoisotopic (exact) mass is 543 g/mol. The van der Waals surface area contributed by atoms with Gasteiger partial charge in [0.05, 0.1) is 16.8 Å². The molecule has 0 aliphatic rings. The first-order valence-corrected chi connectivity index (χ1v) is 13.5. The molecule has 0 saturated carbocycles. The van der Waals surface area contributed by atoms with E-state index < -0.39 is 10.0 Å². The normalized spacial score (nSPS) is 11.4. The van der Waals surface area contributed by atoms with Crippen molar-refractivity contribution >= 4 is 21.8 Å². The lowest BCUT2D eigenvalue weighted by molar-refractivity contribution is 0.0785. The molecule has 5 rings (SSSR count). The van der Waals surface area contributed by atoms with Crippen molar-refractivity contribution in [1.82, 2.24) is 20.0 Å². The largest absolute Gasteiger partial charge is 0.445 e. The van der Waals surface area contributed by atoms with Gasteiger partial charge in [-0.05, 0) is 55.3 Å². The topological polar surface area (TPSA) is 131 Å². The van der Waals surface area contributed by atoms with Gasteiger partial charge < -0.3 is 13.8 Å². The van der Waals surface area contributed by atoms with Crippen LogP contribution in [0.2, 0.25) is 0 Å². The maximum atomic E-state index is 13.5. The number of pyridine rings is 1. The van der Waals surface area contributed by atoms with Crippen LogP contribution in [-0.2, 0) is 16.6 Å². The van der Waals surface area contributed by atoms with Gasteiger partial charge in [0.1, 0.15) is 6.26 Å². The summed E-state index contributed by atoms with van der Waals surface area (Å²) in [7, 11) is -2.38. The Labute approximate surface area is 225 Å². The Morgan fingerprint density at radius 1 is 1.00 bits per heavy atom. The minimum absolute atomic E-state index is 0.0479. The van der Waals surface area contributed by atoms with Crippen molar-refractivity contribution in [3.05, 3.63) is 102 Å². The Morgan fingerprint density at radius 3 is 2.46 bits per heavy atom. The molecule has 1 N–H and O–H groups in total. The van der Waals surface area contributed by atoms with Gasteiger partial charge in [0.2, 0.25) is 11.8 Å². The molecule has 3 aromatic heterocycles. The Bertz CT molecular complexity index is 1730. The van der Waals surface area contributed by atoms with Gasteiger partial charge in [-0.3, -0.25) is 9.78 Å². The van der Waals surface area contributed by atoms with Crippen LogP contribution in [-0.4, -0.2) is 41.4 Å². The first-order chi connectivity index (χ1) is 18.7. The SMILES string of the molecule is Cc1noc(NS(=O)(=O)c2ccccc2-c2ccc(-c3ncco3)cc2CN(C)C(=O)c2ccncc2)c1C. The molecule has 0 unspecified atom stereocenters. The van der Waals surface area contributed by atoms with E-state index in [2.05, 4.69) is 19.8 Å². The first kappa shape index (κ1) is 25.9. The van der Waals surface area contributed by atoms with Crippen LogP contribution < -0.4 is 4.72 Å². The summed E-state index contributed by atoms with van der Waals surface area (Å²) in [6.45, 7) is 3.65. The number of aromatic nitrogens is 3. The van der Waals surface area contributed by atoms with E-state index in [-0.39, 0.29) is 23.2 Å². The lowest BCUT2D eigenvalue weighted by Gasteiger charge is -2.21. The van der Waals surface area contributed by atoms with Crippen LogP contribution >= 0.6 is 0 Å². The summed E-state index contributed by atoms with van der Waals surface area (Å²) in [5.74, 6) is 0.262. The van der Waals surface area contributed by atoms with Crippen molar-refractivity contribution in [2.24, 2.45) is 0 Å². The highest BCUT2D eigenvalue weighted by Crippen LogP contribution is 2.34. The minimum atomic E-state index is -4.06. The van der Waals surface area contributed by atoms with Crippen LogP contribution in [0, 0.1) is 13.8 Å². The zero-order valence-electron chi connectivity index (χ0n) is 21.5. The van der Waals surface area contributed by atoms with Crippen molar-refractivity contribution < 1.29 is 22.2 Å². The summed E-state index contributed by atoms with van der Waals surface area (Å²) in [5.41, 5.74) is 4.15. The lowest BCUT2D eigenvalue weighted by Crippen LogP contribution is -2.26. The second-order valence-electron chi connectivity index (χ2n) is 8.93. The van der Waals surface area contributed by atoms with Gasteiger partial charge >= 0.3 is 0 Å². The smallest absolute Gasteiger partial charge is 0.264 e. The highest BCUT2D eigenvalue weighted by atomic mass is 32.2. The van der Waals surface area contributed by atoms with Crippen molar-refractivity contribution in [2.45, 2.75) is 25.3 Å². The third-order valence-corrected chi connectivity index (χ3v) is 7.71. The number of sulfonamides is 1. The Kier molecular flexibility index (Phi) is 6.99. The van der Waals surface area contributed by atoms with Crippen molar-refractivity contribution in [1.29, 1.82) is 0 Å². The van der Waals surface area contributed by atoms with Crippen LogP contribution in [0.1, 0.15) is 27.2 Å². The van der Waals surface area contributed by atoms with Gasteiger partial charge in [-0.15, -0.1) is 0 Å². The van der Waals surface area contributed by atoms with Gasteiger partial charge in [0.15, 0.2) is 0 Å². The number of amides is 1. The molecule has 11 heteroatoms. The molecule has 39 heavy (non-hydrogen) atoms. The van der Waals surface area contributed by atoms with E-state index in [1.165, 1.54) is 12.3 Å². The third kappa shape index (κ3) is 5.30. The first-order valence-electron chi connectivity index (χ1n) is 12.0. The molecule has 0 aliphatic heterocycles. The van der Waals surface area contributed by atoms with E-state index in [1.54, 1.807) is 86.9 Å². The predicted molar refractivity (Wildman–Crippen MR) is 144 cm³/mol. The Balaban J connectivity index is 1.58. The van der Waals surface area contributed by atoms with Crippen LogP contribution in [0.15, 0.2) is 93.3 Å². The Morgan fingerprint density at radius 2 is 1.77 bits per heavy atom. The lowest BCUT2D eigenvalue weighted by atomic mass is 9.96. The summed E-state index contributed by atoms with van der Waals surface area (Å²) < 4.78 is 40.3. The molecule has 0 radical (unpaired) electrons. The van der Waals surface area contributed by atoms with Gasteiger partial charge in [-0.2, -0.15) is 0 Å². The van der Waals surface area contributed by atoms with Gasteiger partial charge in [0.25, 0.3) is 15.9 Å². The highest BCUT2D eigenvalue weighted by molar-refractivity contribution is 7.92. The fourth-order valence-electron chi connectivity index (χ4n) is 4.14. The number of benzene rings is 2. The average molecular weight is 544 g/mol. The molecule has 0 atom stereocenters. The van der Waals surface area contributed by atoms with E-state index in [9.17, 15) is 13.2 Å². The number of oxazole rings is 1. The molecule has 0 aliphatic carbocycles. The van der Waals surface area contributed by atoms with E-state index in [0.29, 0.717) is 45.0 Å². The molecule has 0 saturated heterocycles. The summed E-state index contributed by atoms with van der Waals surface area (Å²) in [6, 6.07) is 15.4. The summed E-state index contributed by atoms with van der Waals surface area (Å²) in [4.78, 5) is 22.9. The number of carbonyl (C=O) groups excluding carboxylic acids is 1. The average Bonchev–Trinajstić information content (AvgIpc) is 3.59. The van der Waals surface area contributed by atoms with Crippen molar-refractivity contribution in [3.63, 3.8) is 0 Å². The number of aryl methyl sites for hydroxylation is 1. The second-order valence-corrected chi connectivity index (χ2v) is 10.6. The number of rotatable bonds is 8. The number of nitrogens with zero attached hydrogens (tertiary/aromatic N) is 4. The molecule has 0 fully saturated rings. The van der Waals surface area contributed by atoms with Crippen molar-refractivity contribution in [3.8, 4) is 22.6 Å². The number of hydrogen-bond donors (Lipinski definition) is 1. The molecule has 1 amide bonds. The Hall–Kier alpha value is -4.77. The molecule has 0 bridgehead atoms. The zero-order valence-corrected chi connectivity index (χ0v) is 22.3. The predicted octanol–water partition coefficient (Wildman–Crippen LogP) is 5.08. The van der Waals surface area contributed by atoms with Crippen LogP contribution in [0.5, 0.6) is 0 Å². The third-order valence-electron chi connectivity index (χ3n) is 6.32. The van der Waals surface area contributed by atoms with Crippen LogP contribution in [0.3, 0.4) is 0 Å². The number of hydrogen-bond acceptors (Lipinski definition) is 8. The molecule has 10 nitrogen and oxygen atoms in total. The molecule has 5 aromatic rings. The molecule has 0 spiro atoms. The molecule has 2 aromatic carbocycles. The zero-order chi connectivity index (χ0) is 27.6. The quantitative estimate of drug-likeness (QED) is 0.287. The number of nitrogens with one attached hydrogen (secondary N) is 1. The number of carbonyl (C=O) groups is 1. The molecular weight excluding hydrogens is 518 g/mol. The summed E-state index contributed by atoms with van der Waals surface area (Å²) in [5, 5.41) is 3.84. The van der Waals surface area contributed by atoms with Gasteiger partial charge in [0, 0.05) is 48.2 Å². The van der Waals surface area contributed by atoms with Gasteiger partial charge in [-0.25, -0.2) is 18.1 Å². The second kappa shape index (κ2) is 10.5. The van der Waals surface area contributed by atoms with Crippen molar-refractivity contribution in [2.75, 3.05) is 11.8 Å². The van der Waals surface area contributed by atoms with Crippen LogP contribution in [0.25, 0.3) is 22.6 Å². The van der Waals surface area contributed by atoms with Crippen LogP contribution in [0.4, 0.5) is 5.88 Å². The fourth-order valence-corrected chi connectivity index (χ4v) is 5.41. The maximum absolute atomic E-state index is 13.5. The summed E-state index contributed by atoms with van der Waals surface area (Å²) in [6.07, 6.45) is 6.13. The fraction of sp³-hybridized carbons (Fsp3) is 0.143. The molecule has 198 valence electrons. The highest BCUT2D eigenvalue weighted by Gasteiger charge is 2.25. The number of anilines is 1.